The number of allylic oxidation sites excluding steroid dienone is 2. The molecule has 0 amide bonds. The van der Waals surface area contributed by atoms with Crippen molar-refractivity contribution in [3.8, 4) is 5.75 Å². The number of para-hydroxylation sites is 2. The molecule has 4 nitrogen and oxygen atoms in total. The molecule has 0 fully saturated rings. The molecule has 4 N–H and O–H groups in total. The number of hydrogen-bond acceptors (Lipinski definition) is 4. The summed E-state index contributed by atoms with van der Waals surface area (Å²) in [6, 6.07) is 18.3. The molecule has 2 aliphatic rings. The van der Waals surface area contributed by atoms with Gasteiger partial charge in [0, 0.05) is 16.5 Å². The number of fused-ring (bicyclic) bond motifs is 2. The van der Waals surface area contributed by atoms with Gasteiger partial charge in [0.1, 0.15) is 5.76 Å². The highest BCUT2D eigenvalue weighted by Gasteiger charge is 2.38. The van der Waals surface area contributed by atoms with E-state index in [9.17, 15) is 0 Å². The fourth-order valence-corrected chi connectivity index (χ4v) is 3.97. The first-order chi connectivity index (χ1) is 13.0. The second-order valence-corrected chi connectivity index (χ2v) is 7.65. The van der Waals surface area contributed by atoms with Crippen LogP contribution in [0.4, 0.5) is 22.7 Å². The topological polar surface area (TPSA) is 64.5 Å². The summed E-state index contributed by atoms with van der Waals surface area (Å²) in [6.07, 6.45) is 4.26. The summed E-state index contributed by atoms with van der Waals surface area (Å²) in [5, 5.41) is 2.03. The Morgan fingerprint density at radius 1 is 0.963 bits per heavy atom. The average molecular weight is 355 g/mol. The first-order valence-electron chi connectivity index (χ1n) is 9.04. The molecule has 27 heavy (non-hydrogen) atoms. The van der Waals surface area contributed by atoms with E-state index in [-0.39, 0.29) is 5.41 Å². The largest absolute Gasteiger partial charge is 0.453 e. The summed E-state index contributed by atoms with van der Waals surface area (Å²) in [5.74, 6) is 1.76. The van der Waals surface area contributed by atoms with Crippen molar-refractivity contribution in [1.29, 1.82) is 0 Å². The van der Waals surface area contributed by atoms with Crippen molar-refractivity contribution in [2.75, 3.05) is 16.4 Å². The van der Waals surface area contributed by atoms with E-state index in [0.29, 0.717) is 11.4 Å². The summed E-state index contributed by atoms with van der Waals surface area (Å²) in [4.78, 5) is 2.29. The molecule has 4 heteroatoms. The van der Waals surface area contributed by atoms with Crippen molar-refractivity contribution in [3.63, 3.8) is 0 Å². The van der Waals surface area contributed by atoms with Gasteiger partial charge >= 0.3 is 0 Å². The Balaban J connectivity index is 1.75. The third kappa shape index (κ3) is 2.23. The van der Waals surface area contributed by atoms with Gasteiger partial charge in [0.2, 0.25) is 0 Å². The molecule has 0 saturated heterocycles. The van der Waals surface area contributed by atoms with Crippen LogP contribution in [0.15, 0.2) is 78.2 Å². The number of nitrogen functional groups attached to an aromatic ring is 2. The second kappa shape index (κ2) is 5.30. The van der Waals surface area contributed by atoms with E-state index < -0.39 is 0 Å². The smallest absolute Gasteiger partial charge is 0.151 e. The van der Waals surface area contributed by atoms with Gasteiger partial charge in [0.05, 0.1) is 22.8 Å². The number of hydrogen-bond donors (Lipinski definition) is 2. The predicted molar refractivity (Wildman–Crippen MR) is 112 cm³/mol. The van der Waals surface area contributed by atoms with Gasteiger partial charge in [-0.05, 0) is 41.8 Å². The van der Waals surface area contributed by atoms with Crippen LogP contribution in [0.3, 0.4) is 0 Å². The monoisotopic (exact) mass is 355 g/mol. The third-order valence-electron chi connectivity index (χ3n) is 5.38. The minimum atomic E-state index is -0.127. The number of nitrogens with zero attached hydrogens (tertiary/aromatic N) is 1. The van der Waals surface area contributed by atoms with E-state index in [4.69, 9.17) is 16.2 Å². The van der Waals surface area contributed by atoms with Gasteiger partial charge < -0.3 is 21.1 Å². The van der Waals surface area contributed by atoms with Gasteiger partial charge in [0.25, 0.3) is 0 Å². The highest BCUT2D eigenvalue weighted by molar-refractivity contribution is 6.00. The van der Waals surface area contributed by atoms with E-state index in [1.807, 2.05) is 36.4 Å². The summed E-state index contributed by atoms with van der Waals surface area (Å²) >= 11 is 0. The number of ether oxygens (including phenoxy) is 1. The van der Waals surface area contributed by atoms with Crippen LogP contribution in [0.25, 0.3) is 10.8 Å². The molecule has 0 aromatic heterocycles. The Morgan fingerprint density at radius 2 is 1.78 bits per heavy atom. The van der Waals surface area contributed by atoms with Crippen LogP contribution in [-0.4, -0.2) is 0 Å². The Hall–Kier alpha value is -3.40. The molecule has 0 radical (unpaired) electrons. The zero-order valence-electron chi connectivity index (χ0n) is 15.4. The van der Waals surface area contributed by atoms with Crippen molar-refractivity contribution < 1.29 is 4.74 Å². The predicted octanol–water partition coefficient (Wildman–Crippen LogP) is 5.34. The average Bonchev–Trinajstić information content (AvgIpc) is 2.97. The van der Waals surface area contributed by atoms with Crippen LogP contribution in [0.2, 0.25) is 0 Å². The molecule has 134 valence electrons. The zero-order chi connectivity index (χ0) is 18.8. The maximum Gasteiger partial charge on any atom is 0.151 e. The number of anilines is 4. The molecule has 0 unspecified atom stereocenters. The maximum atomic E-state index is 6.18. The van der Waals surface area contributed by atoms with Crippen LogP contribution in [0.1, 0.15) is 13.8 Å². The Bertz CT molecular complexity index is 1160. The minimum Gasteiger partial charge on any atom is -0.453 e. The fraction of sp³-hybridized carbons (Fsp3) is 0.130. The summed E-state index contributed by atoms with van der Waals surface area (Å²) in [7, 11) is 0. The number of nitrogens with two attached hydrogens (primary N) is 2. The zero-order valence-corrected chi connectivity index (χ0v) is 15.4. The number of benzene rings is 3. The van der Waals surface area contributed by atoms with Crippen LogP contribution in [0, 0.1) is 5.41 Å². The SMILES string of the molecule is CC1(C)C=CC2=C1N(c1ccc3c(N)c(N)ccc3c1)c1ccccc1O2. The lowest BCUT2D eigenvalue weighted by molar-refractivity contribution is 0.414. The number of rotatable bonds is 1. The molecule has 3 aromatic rings. The van der Waals surface area contributed by atoms with Gasteiger partial charge in [-0.15, -0.1) is 0 Å². The van der Waals surface area contributed by atoms with Crippen molar-refractivity contribution in [1.82, 2.24) is 0 Å². The molecule has 1 aliphatic heterocycles. The van der Waals surface area contributed by atoms with E-state index in [1.165, 1.54) is 0 Å². The maximum absolute atomic E-state index is 6.18. The van der Waals surface area contributed by atoms with Crippen molar-refractivity contribution in [2.45, 2.75) is 13.8 Å². The third-order valence-corrected chi connectivity index (χ3v) is 5.38. The van der Waals surface area contributed by atoms with Crippen LogP contribution < -0.4 is 21.1 Å². The summed E-state index contributed by atoms with van der Waals surface area (Å²) < 4.78 is 6.18. The van der Waals surface area contributed by atoms with Gasteiger partial charge in [-0.2, -0.15) is 0 Å². The molecule has 0 spiro atoms. The van der Waals surface area contributed by atoms with Gasteiger partial charge in [-0.3, -0.25) is 0 Å². The lowest BCUT2D eigenvalue weighted by Gasteiger charge is -2.38. The fourth-order valence-electron chi connectivity index (χ4n) is 3.97. The first-order valence-corrected chi connectivity index (χ1v) is 9.04. The molecule has 0 atom stereocenters. The van der Waals surface area contributed by atoms with Crippen LogP contribution in [-0.2, 0) is 0 Å². The second-order valence-electron chi connectivity index (χ2n) is 7.65. The van der Waals surface area contributed by atoms with Gasteiger partial charge in [-0.1, -0.05) is 44.2 Å². The van der Waals surface area contributed by atoms with Crippen molar-refractivity contribution in [2.24, 2.45) is 5.41 Å². The van der Waals surface area contributed by atoms with Gasteiger partial charge in [-0.25, -0.2) is 0 Å². The quantitative estimate of drug-likeness (QED) is 0.578. The summed E-state index contributed by atoms with van der Waals surface area (Å²) in [5.41, 5.74) is 16.5. The Labute approximate surface area is 158 Å². The lowest BCUT2D eigenvalue weighted by Crippen LogP contribution is -2.30. The molecule has 0 saturated carbocycles. The van der Waals surface area contributed by atoms with E-state index in [0.717, 1.165) is 39.4 Å². The molecule has 3 aromatic carbocycles. The highest BCUT2D eigenvalue weighted by Crippen LogP contribution is 2.51. The van der Waals surface area contributed by atoms with E-state index in [1.54, 1.807) is 0 Å². The lowest BCUT2D eigenvalue weighted by atomic mass is 9.90. The highest BCUT2D eigenvalue weighted by atomic mass is 16.5. The Morgan fingerprint density at radius 3 is 2.63 bits per heavy atom. The summed E-state index contributed by atoms with van der Waals surface area (Å²) in [6.45, 7) is 4.41. The normalized spacial score (nSPS) is 17.0. The van der Waals surface area contributed by atoms with Crippen LogP contribution in [0.5, 0.6) is 5.75 Å². The molecule has 0 bridgehead atoms. The molecular formula is C23H21N3O. The molecule has 5 rings (SSSR count). The first kappa shape index (κ1) is 15.8. The standard InChI is InChI=1S/C23H21N3O/c1-23(2)12-11-20-22(23)26(18-5-3-4-6-19(18)27-20)15-8-9-16-14(13-15)7-10-17(24)21(16)25/h3-13H,24-25H2,1-2H3. The van der Waals surface area contributed by atoms with E-state index >= 15 is 0 Å². The minimum absolute atomic E-state index is 0.127. The Kier molecular flexibility index (Phi) is 3.11. The van der Waals surface area contributed by atoms with Crippen molar-refractivity contribution >= 4 is 33.5 Å². The molecule has 1 aliphatic carbocycles. The van der Waals surface area contributed by atoms with Crippen LogP contribution >= 0.6 is 0 Å². The van der Waals surface area contributed by atoms with Crippen molar-refractivity contribution in [3.05, 3.63) is 78.2 Å². The molecular weight excluding hydrogens is 334 g/mol. The van der Waals surface area contributed by atoms with E-state index in [2.05, 4.69) is 49.1 Å². The molecule has 1 heterocycles. The van der Waals surface area contributed by atoms with Gasteiger partial charge in [0.15, 0.2) is 5.75 Å².